The van der Waals surface area contributed by atoms with E-state index in [1.807, 2.05) is 12.1 Å². The van der Waals surface area contributed by atoms with Crippen LogP contribution >= 0.6 is 0 Å². The average Bonchev–Trinajstić information content (AvgIpc) is 2.59. The first-order valence-corrected chi connectivity index (χ1v) is 8.24. The summed E-state index contributed by atoms with van der Waals surface area (Å²) in [7, 11) is 1.70. The first-order valence-electron chi connectivity index (χ1n) is 8.24. The summed E-state index contributed by atoms with van der Waals surface area (Å²) in [5.74, 6) is 1.48. The van der Waals surface area contributed by atoms with Crippen LogP contribution in [0.25, 0.3) is 6.08 Å². The number of ether oxygens (including phenoxy) is 1. The molecule has 1 N–H and O–H groups in total. The maximum Gasteiger partial charge on any atom is 0.119 e. The van der Waals surface area contributed by atoms with Gasteiger partial charge in [-0.25, -0.2) is 0 Å². The molecule has 0 saturated heterocycles. The third-order valence-corrected chi connectivity index (χ3v) is 4.05. The van der Waals surface area contributed by atoms with Gasteiger partial charge in [-0.2, -0.15) is 0 Å². The zero-order valence-corrected chi connectivity index (χ0v) is 14.5. The van der Waals surface area contributed by atoms with E-state index in [1.165, 1.54) is 16.7 Å². The molecule has 0 aliphatic rings. The summed E-state index contributed by atoms with van der Waals surface area (Å²) in [6.45, 7) is 7.44. The van der Waals surface area contributed by atoms with Crippen LogP contribution in [0, 0.1) is 0 Å². The minimum absolute atomic E-state index is 0.290. The van der Waals surface area contributed by atoms with Crippen molar-refractivity contribution in [2.75, 3.05) is 13.7 Å². The predicted molar refractivity (Wildman–Crippen MR) is 99.0 cm³/mol. The van der Waals surface area contributed by atoms with Crippen molar-refractivity contribution in [3.05, 3.63) is 71.3 Å². The van der Waals surface area contributed by atoms with Gasteiger partial charge in [0.1, 0.15) is 5.75 Å². The fourth-order valence-electron chi connectivity index (χ4n) is 2.46. The lowest BCUT2D eigenvalue weighted by Crippen LogP contribution is -2.18. The number of benzene rings is 2. The van der Waals surface area contributed by atoms with Crippen LogP contribution in [-0.2, 0) is 0 Å². The molecule has 0 aliphatic heterocycles. The molecule has 2 rings (SSSR count). The topological polar surface area (TPSA) is 21.3 Å². The molecule has 2 aromatic carbocycles. The number of methoxy groups -OCH3 is 1. The maximum atomic E-state index is 5.27. The lowest BCUT2D eigenvalue weighted by atomic mass is 10.0. The molecule has 0 fully saturated rings. The average molecular weight is 309 g/mol. The Bertz CT molecular complexity index is 629. The Kier molecular flexibility index (Phi) is 6.42. The highest BCUT2D eigenvalue weighted by molar-refractivity contribution is 5.50. The zero-order valence-electron chi connectivity index (χ0n) is 14.5. The van der Waals surface area contributed by atoms with Gasteiger partial charge >= 0.3 is 0 Å². The summed E-state index contributed by atoms with van der Waals surface area (Å²) < 4.78 is 5.27. The van der Waals surface area contributed by atoms with Gasteiger partial charge < -0.3 is 10.1 Å². The molecule has 0 aromatic heterocycles. The molecule has 0 spiro atoms. The Balaban J connectivity index is 1.85. The van der Waals surface area contributed by atoms with Crippen LogP contribution in [0.5, 0.6) is 5.75 Å². The molecule has 2 heteroatoms. The van der Waals surface area contributed by atoms with Crippen LogP contribution in [0.3, 0.4) is 0 Å². The van der Waals surface area contributed by atoms with E-state index in [-0.39, 0.29) is 6.04 Å². The van der Waals surface area contributed by atoms with Crippen LogP contribution in [0.15, 0.2) is 54.6 Å². The Morgan fingerprint density at radius 1 is 1.00 bits per heavy atom. The van der Waals surface area contributed by atoms with Crippen molar-refractivity contribution in [2.24, 2.45) is 0 Å². The number of nitrogens with one attached hydrogen (secondary N) is 1. The summed E-state index contributed by atoms with van der Waals surface area (Å²) in [6.07, 6.45) is 4.33. The highest BCUT2D eigenvalue weighted by atomic mass is 16.5. The lowest BCUT2D eigenvalue weighted by molar-refractivity contribution is 0.413. The summed E-state index contributed by atoms with van der Waals surface area (Å²) in [4.78, 5) is 0. The van der Waals surface area contributed by atoms with Crippen molar-refractivity contribution >= 4 is 6.08 Å². The van der Waals surface area contributed by atoms with Crippen LogP contribution in [0.4, 0.5) is 0 Å². The van der Waals surface area contributed by atoms with E-state index in [2.05, 4.69) is 74.6 Å². The molecule has 23 heavy (non-hydrogen) atoms. The third kappa shape index (κ3) is 5.26. The number of rotatable bonds is 7. The summed E-state index contributed by atoms with van der Waals surface area (Å²) >= 11 is 0. The summed E-state index contributed by atoms with van der Waals surface area (Å²) in [5, 5.41) is 3.51. The molecule has 0 bridgehead atoms. The number of hydrogen-bond acceptors (Lipinski definition) is 2. The van der Waals surface area contributed by atoms with E-state index in [0.717, 1.165) is 12.3 Å². The van der Waals surface area contributed by atoms with Gasteiger partial charge in [0.15, 0.2) is 0 Å². The first kappa shape index (κ1) is 17.3. The van der Waals surface area contributed by atoms with Crippen molar-refractivity contribution in [2.45, 2.75) is 32.7 Å². The SMILES string of the molecule is COc1cccc(C(C)NCC=Cc2ccc(C(C)C)cc2)c1. The Labute approximate surface area is 140 Å². The second kappa shape index (κ2) is 8.54. The predicted octanol–water partition coefficient (Wildman–Crippen LogP) is 5.18. The van der Waals surface area contributed by atoms with E-state index in [9.17, 15) is 0 Å². The molecule has 0 amide bonds. The zero-order chi connectivity index (χ0) is 16.7. The Morgan fingerprint density at radius 3 is 2.39 bits per heavy atom. The van der Waals surface area contributed by atoms with Crippen molar-refractivity contribution in [1.82, 2.24) is 5.32 Å². The molecule has 122 valence electrons. The van der Waals surface area contributed by atoms with E-state index in [0.29, 0.717) is 5.92 Å². The highest BCUT2D eigenvalue weighted by Crippen LogP contribution is 2.18. The monoisotopic (exact) mass is 309 g/mol. The molecule has 0 radical (unpaired) electrons. The Morgan fingerprint density at radius 2 is 1.74 bits per heavy atom. The minimum Gasteiger partial charge on any atom is -0.497 e. The van der Waals surface area contributed by atoms with Gasteiger partial charge in [0.25, 0.3) is 0 Å². The first-order chi connectivity index (χ1) is 11.1. The molecule has 1 unspecified atom stereocenters. The van der Waals surface area contributed by atoms with E-state index in [4.69, 9.17) is 4.74 Å². The smallest absolute Gasteiger partial charge is 0.119 e. The van der Waals surface area contributed by atoms with Gasteiger partial charge in [0.2, 0.25) is 0 Å². The maximum absolute atomic E-state index is 5.27. The number of hydrogen-bond donors (Lipinski definition) is 1. The van der Waals surface area contributed by atoms with E-state index < -0.39 is 0 Å². The summed E-state index contributed by atoms with van der Waals surface area (Å²) in [6, 6.07) is 17.2. The van der Waals surface area contributed by atoms with Gasteiger partial charge in [-0.15, -0.1) is 0 Å². The van der Waals surface area contributed by atoms with Crippen molar-refractivity contribution in [1.29, 1.82) is 0 Å². The molecular formula is C21H27NO. The molecule has 0 aliphatic carbocycles. The molecule has 0 saturated carbocycles. The third-order valence-electron chi connectivity index (χ3n) is 4.05. The van der Waals surface area contributed by atoms with Gasteiger partial charge in [-0.3, -0.25) is 0 Å². The highest BCUT2D eigenvalue weighted by Gasteiger charge is 2.04. The van der Waals surface area contributed by atoms with Crippen LogP contribution in [0.1, 0.15) is 49.4 Å². The van der Waals surface area contributed by atoms with Crippen LogP contribution < -0.4 is 10.1 Å². The normalized spacial score (nSPS) is 12.7. The van der Waals surface area contributed by atoms with E-state index in [1.54, 1.807) is 7.11 Å². The quantitative estimate of drug-likeness (QED) is 0.760. The molecule has 0 heterocycles. The lowest BCUT2D eigenvalue weighted by Gasteiger charge is -2.13. The minimum atomic E-state index is 0.290. The molecular weight excluding hydrogens is 282 g/mol. The van der Waals surface area contributed by atoms with Crippen molar-refractivity contribution in [3.63, 3.8) is 0 Å². The van der Waals surface area contributed by atoms with Gasteiger partial charge in [0.05, 0.1) is 7.11 Å². The second-order valence-electron chi connectivity index (χ2n) is 6.13. The molecule has 1 atom stereocenters. The van der Waals surface area contributed by atoms with E-state index >= 15 is 0 Å². The second-order valence-corrected chi connectivity index (χ2v) is 6.13. The summed E-state index contributed by atoms with van der Waals surface area (Å²) in [5.41, 5.74) is 3.86. The standard InChI is InChI=1S/C21H27NO/c1-16(2)19-12-10-18(11-13-19)7-6-14-22-17(3)20-8-5-9-21(15-20)23-4/h5-13,15-17,22H,14H2,1-4H3. The largest absolute Gasteiger partial charge is 0.497 e. The van der Waals surface area contributed by atoms with Crippen molar-refractivity contribution in [3.8, 4) is 5.75 Å². The molecule has 2 nitrogen and oxygen atoms in total. The van der Waals surface area contributed by atoms with Gasteiger partial charge in [-0.05, 0) is 41.7 Å². The van der Waals surface area contributed by atoms with Gasteiger partial charge in [0, 0.05) is 12.6 Å². The Hall–Kier alpha value is -2.06. The fourth-order valence-corrected chi connectivity index (χ4v) is 2.46. The molecule has 2 aromatic rings. The fraction of sp³-hybridized carbons (Fsp3) is 0.333. The van der Waals surface area contributed by atoms with Crippen LogP contribution in [0.2, 0.25) is 0 Å². The van der Waals surface area contributed by atoms with Crippen molar-refractivity contribution < 1.29 is 4.74 Å². The van der Waals surface area contributed by atoms with Gasteiger partial charge in [-0.1, -0.05) is 62.4 Å². The van der Waals surface area contributed by atoms with Crippen LogP contribution in [-0.4, -0.2) is 13.7 Å².